The molecule has 0 aliphatic heterocycles. The molecule has 0 unspecified atom stereocenters. The summed E-state index contributed by atoms with van der Waals surface area (Å²) >= 11 is 4.95. The van der Waals surface area contributed by atoms with Crippen LogP contribution in [0.2, 0.25) is 0 Å². The van der Waals surface area contributed by atoms with E-state index in [1.54, 1.807) is 19.2 Å². The summed E-state index contributed by atoms with van der Waals surface area (Å²) in [6.45, 7) is 4.51. The average molecular weight is 299 g/mol. The Morgan fingerprint density at radius 2 is 1.85 bits per heavy atom. The highest BCUT2D eigenvalue weighted by Gasteiger charge is 2.07. The van der Waals surface area contributed by atoms with Gasteiger partial charge in [-0.3, -0.25) is 0 Å². The lowest BCUT2D eigenvalue weighted by molar-refractivity contribution is 0.0539. The van der Waals surface area contributed by atoms with Crippen LogP contribution in [-0.4, -0.2) is 45.1 Å². The minimum Gasteiger partial charge on any atom is -0.490 e. The highest BCUT2D eigenvalue weighted by Crippen LogP contribution is 2.28. The van der Waals surface area contributed by atoms with Crippen LogP contribution in [0, 0.1) is 0 Å². The predicted octanol–water partition coefficient (Wildman–Crippen LogP) is 1.76. The van der Waals surface area contributed by atoms with Gasteiger partial charge in [-0.25, -0.2) is 0 Å². The van der Waals surface area contributed by atoms with Crippen molar-refractivity contribution in [1.82, 2.24) is 0 Å². The Balaban J connectivity index is 2.53. The summed E-state index contributed by atoms with van der Waals surface area (Å²) in [6.07, 6.45) is 0. The maximum Gasteiger partial charge on any atom is 0.161 e. The Morgan fingerprint density at radius 1 is 1.10 bits per heavy atom. The van der Waals surface area contributed by atoms with Gasteiger partial charge >= 0.3 is 0 Å². The van der Waals surface area contributed by atoms with Gasteiger partial charge < -0.3 is 24.7 Å². The van der Waals surface area contributed by atoms with E-state index in [1.165, 1.54) is 0 Å². The number of methoxy groups -OCH3 is 1. The van der Waals surface area contributed by atoms with E-state index < -0.39 is 0 Å². The van der Waals surface area contributed by atoms with Crippen LogP contribution in [-0.2, 0) is 9.47 Å². The summed E-state index contributed by atoms with van der Waals surface area (Å²) < 4.78 is 21.4. The van der Waals surface area contributed by atoms with Crippen molar-refractivity contribution in [2.24, 2.45) is 5.73 Å². The van der Waals surface area contributed by atoms with Crippen molar-refractivity contribution in [3.05, 3.63) is 23.8 Å². The van der Waals surface area contributed by atoms with Gasteiger partial charge in [0.2, 0.25) is 0 Å². The topological polar surface area (TPSA) is 62.9 Å². The molecule has 2 N–H and O–H groups in total. The number of ether oxygens (including phenoxy) is 4. The van der Waals surface area contributed by atoms with Gasteiger partial charge in [0.05, 0.1) is 26.4 Å². The first-order valence-corrected chi connectivity index (χ1v) is 6.86. The van der Waals surface area contributed by atoms with Crippen LogP contribution in [0.5, 0.6) is 11.5 Å². The number of thiocarbonyl (C=S) groups is 1. The van der Waals surface area contributed by atoms with Crippen LogP contribution < -0.4 is 15.2 Å². The maximum absolute atomic E-state index is 5.63. The number of hydrogen-bond acceptors (Lipinski definition) is 5. The van der Waals surface area contributed by atoms with Crippen molar-refractivity contribution in [1.29, 1.82) is 0 Å². The highest BCUT2D eigenvalue weighted by atomic mass is 32.1. The van der Waals surface area contributed by atoms with Crippen molar-refractivity contribution < 1.29 is 18.9 Å². The molecular weight excluding hydrogens is 278 g/mol. The van der Waals surface area contributed by atoms with Crippen molar-refractivity contribution in [2.45, 2.75) is 6.92 Å². The minimum atomic E-state index is 0.334. The van der Waals surface area contributed by atoms with E-state index in [9.17, 15) is 0 Å². The molecule has 112 valence electrons. The van der Waals surface area contributed by atoms with Crippen molar-refractivity contribution in [3.63, 3.8) is 0 Å². The molecule has 1 aromatic carbocycles. The molecule has 0 fully saturated rings. The normalized spacial score (nSPS) is 10.3. The fraction of sp³-hybridized carbons (Fsp3) is 0.500. The van der Waals surface area contributed by atoms with Gasteiger partial charge in [0.15, 0.2) is 11.5 Å². The Morgan fingerprint density at radius 3 is 2.50 bits per heavy atom. The van der Waals surface area contributed by atoms with E-state index in [4.69, 9.17) is 36.9 Å². The van der Waals surface area contributed by atoms with Crippen LogP contribution in [0.4, 0.5) is 0 Å². The van der Waals surface area contributed by atoms with Crippen LogP contribution in [0.3, 0.4) is 0 Å². The molecule has 0 bridgehead atoms. The van der Waals surface area contributed by atoms with Crippen molar-refractivity contribution in [3.8, 4) is 11.5 Å². The zero-order valence-electron chi connectivity index (χ0n) is 11.9. The molecule has 0 radical (unpaired) electrons. The Kier molecular flexibility index (Phi) is 7.94. The highest BCUT2D eigenvalue weighted by molar-refractivity contribution is 7.80. The molecule has 5 nitrogen and oxygen atoms in total. The molecule has 6 heteroatoms. The van der Waals surface area contributed by atoms with E-state index in [0.717, 1.165) is 5.56 Å². The van der Waals surface area contributed by atoms with E-state index in [2.05, 4.69) is 0 Å². The minimum absolute atomic E-state index is 0.334. The van der Waals surface area contributed by atoms with Crippen molar-refractivity contribution in [2.75, 3.05) is 40.1 Å². The molecule has 0 atom stereocenters. The van der Waals surface area contributed by atoms with E-state index in [1.807, 2.05) is 13.0 Å². The summed E-state index contributed by atoms with van der Waals surface area (Å²) in [5.41, 5.74) is 6.36. The molecule has 0 aliphatic carbocycles. The summed E-state index contributed by atoms with van der Waals surface area (Å²) in [4.78, 5) is 0.334. The Hall–Kier alpha value is -1.37. The lowest BCUT2D eigenvalue weighted by Gasteiger charge is -2.13. The summed E-state index contributed by atoms with van der Waals surface area (Å²) in [6, 6.07) is 5.40. The van der Waals surface area contributed by atoms with Gasteiger partial charge in [-0.2, -0.15) is 0 Å². The zero-order chi connectivity index (χ0) is 14.8. The monoisotopic (exact) mass is 299 g/mol. The molecule has 0 amide bonds. The number of rotatable bonds is 10. The second kappa shape index (κ2) is 9.52. The molecule has 0 aromatic heterocycles. The summed E-state index contributed by atoms with van der Waals surface area (Å²) in [7, 11) is 1.64. The van der Waals surface area contributed by atoms with Gasteiger partial charge in [0.25, 0.3) is 0 Å². The number of nitrogens with two attached hydrogens (primary N) is 1. The fourth-order valence-electron chi connectivity index (χ4n) is 1.50. The molecule has 0 aliphatic rings. The second-order valence-corrected chi connectivity index (χ2v) is 4.35. The third-order valence-corrected chi connectivity index (χ3v) is 2.68. The third kappa shape index (κ3) is 5.73. The average Bonchev–Trinajstić information content (AvgIpc) is 2.44. The quantitative estimate of drug-likeness (QED) is 0.525. The second-order valence-electron chi connectivity index (χ2n) is 3.91. The molecule has 1 aromatic rings. The Bertz CT molecular complexity index is 426. The lowest BCUT2D eigenvalue weighted by atomic mass is 10.2. The fourth-order valence-corrected chi connectivity index (χ4v) is 1.63. The first-order chi connectivity index (χ1) is 9.69. The SMILES string of the molecule is CCOc1cc(C(N)=S)ccc1OCCOCCOC. The summed E-state index contributed by atoms with van der Waals surface area (Å²) in [5.74, 6) is 1.29. The van der Waals surface area contributed by atoms with Gasteiger partial charge in [0.1, 0.15) is 11.6 Å². The lowest BCUT2D eigenvalue weighted by Crippen LogP contribution is -2.12. The molecule has 1 rings (SSSR count). The predicted molar refractivity (Wildman–Crippen MR) is 81.7 cm³/mol. The zero-order valence-corrected chi connectivity index (χ0v) is 12.7. The number of benzene rings is 1. The largest absolute Gasteiger partial charge is 0.490 e. The molecule has 0 saturated heterocycles. The van der Waals surface area contributed by atoms with Gasteiger partial charge in [-0.15, -0.1) is 0 Å². The van der Waals surface area contributed by atoms with Crippen LogP contribution >= 0.6 is 12.2 Å². The Labute approximate surface area is 125 Å². The summed E-state index contributed by atoms with van der Waals surface area (Å²) in [5, 5.41) is 0. The van der Waals surface area contributed by atoms with E-state index >= 15 is 0 Å². The third-order valence-electron chi connectivity index (χ3n) is 2.45. The molecule has 0 heterocycles. The molecule has 20 heavy (non-hydrogen) atoms. The maximum atomic E-state index is 5.63. The first-order valence-electron chi connectivity index (χ1n) is 6.45. The van der Waals surface area contributed by atoms with Crippen molar-refractivity contribution >= 4 is 17.2 Å². The van der Waals surface area contributed by atoms with E-state index in [0.29, 0.717) is 49.5 Å². The van der Waals surface area contributed by atoms with Crippen LogP contribution in [0.15, 0.2) is 18.2 Å². The van der Waals surface area contributed by atoms with Crippen LogP contribution in [0.1, 0.15) is 12.5 Å². The number of hydrogen-bond donors (Lipinski definition) is 1. The smallest absolute Gasteiger partial charge is 0.161 e. The van der Waals surface area contributed by atoms with Gasteiger partial charge in [-0.1, -0.05) is 12.2 Å². The standard InChI is InChI=1S/C14H21NO4S/c1-3-18-13-10-11(14(15)20)4-5-12(13)19-9-8-17-7-6-16-2/h4-5,10H,3,6-9H2,1-2H3,(H2,15,20). The van der Waals surface area contributed by atoms with E-state index in [-0.39, 0.29) is 0 Å². The van der Waals surface area contributed by atoms with Crippen LogP contribution in [0.25, 0.3) is 0 Å². The van der Waals surface area contributed by atoms with Gasteiger partial charge in [-0.05, 0) is 25.1 Å². The van der Waals surface area contributed by atoms with Gasteiger partial charge in [0, 0.05) is 12.7 Å². The molecule has 0 saturated carbocycles. The molecular formula is C14H21NO4S. The first kappa shape index (κ1) is 16.7. The molecule has 0 spiro atoms.